The quantitative estimate of drug-likeness (QED) is 0.211. The molecule has 0 spiro atoms. The van der Waals surface area contributed by atoms with E-state index in [1.54, 1.807) is 24.5 Å². The van der Waals surface area contributed by atoms with Crippen LogP contribution in [0.15, 0.2) is 61.1 Å². The van der Waals surface area contributed by atoms with Gasteiger partial charge in [-0.2, -0.15) is 10.2 Å². The highest BCUT2D eigenvalue weighted by atomic mass is 19.1. The second-order valence-corrected chi connectivity index (χ2v) is 11.1. The van der Waals surface area contributed by atoms with E-state index in [1.165, 1.54) is 24.3 Å². The summed E-state index contributed by atoms with van der Waals surface area (Å²) in [5.74, 6) is -1.60. The van der Waals surface area contributed by atoms with Crippen LogP contribution in [0.1, 0.15) is 52.8 Å². The van der Waals surface area contributed by atoms with E-state index in [0.717, 1.165) is 35.2 Å². The fourth-order valence-corrected chi connectivity index (χ4v) is 5.44. The van der Waals surface area contributed by atoms with Gasteiger partial charge in [0.2, 0.25) is 5.88 Å². The number of hydrogen-bond donors (Lipinski definition) is 1. The molecule has 46 heavy (non-hydrogen) atoms. The maximum absolute atomic E-state index is 14.4. The number of aromatic nitrogens is 5. The van der Waals surface area contributed by atoms with Crippen molar-refractivity contribution in [2.24, 2.45) is 0 Å². The fourth-order valence-electron chi connectivity index (χ4n) is 5.44. The van der Waals surface area contributed by atoms with Crippen LogP contribution >= 0.6 is 0 Å². The van der Waals surface area contributed by atoms with Gasteiger partial charge in [-0.1, -0.05) is 6.07 Å². The summed E-state index contributed by atoms with van der Waals surface area (Å²) in [5.41, 5.74) is 2.86. The summed E-state index contributed by atoms with van der Waals surface area (Å²) in [5, 5.41) is 18.5. The number of hydrogen-bond acceptors (Lipinski definition) is 8. The van der Waals surface area contributed by atoms with E-state index in [2.05, 4.69) is 14.9 Å². The van der Waals surface area contributed by atoms with Crippen LogP contribution in [0.2, 0.25) is 0 Å². The number of nitrogens with zero attached hydrogens (tertiary/aromatic N) is 7. The number of carboxylic acids is 1. The minimum atomic E-state index is -0.997. The largest absolute Gasteiger partial charge is 0.478 e. The van der Waals surface area contributed by atoms with Crippen LogP contribution in [0.3, 0.4) is 0 Å². The van der Waals surface area contributed by atoms with Crippen molar-refractivity contribution in [3.63, 3.8) is 0 Å². The molecule has 1 saturated heterocycles. The number of carbonyl (C=O) groups is 1. The van der Waals surface area contributed by atoms with E-state index in [9.17, 15) is 18.7 Å². The summed E-state index contributed by atoms with van der Waals surface area (Å²) in [7, 11) is 0. The lowest BCUT2D eigenvalue weighted by Crippen LogP contribution is -2.38. The predicted molar refractivity (Wildman–Crippen MR) is 162 cm³/mol. The van der Waals surface area contributed by atoms with Gasteiger partial charge in [0.25, 0.3) is 5.88 Å². The Morgan fingerprint density at radius 3 is 2.61 bits per heavy atom. The van der Waals surface area contributed by atoms with Crippen molar-refractivity contribution in [3.05, 3.63) is 101 Å². The fraction of sp³-hybridized carbons (Fsp3) is 0.303. The molecule has 1 fully saturated rings. The van der Waals surface area contributed by atoms with Crippen LogP contribution < -0.4 is 9.47 Å². The van der Waals surface area contributed by atoms with Crippen LogP contribution in [0.4, 0.5) is 8.78 Å². The van der Waals surface area contributed by atoms with Gasteiger partial charge < -0.3 is 23.7 Å². The van der Waals surface area contributed by atoms with Crippen molar-refractivity contribution in [3.8, 4) is 17.8 Å². The molecule has 5 aromatic rings. The lowest BCUT2D eigenvalue weighted by atomic mass is 10.1. The molecule has 1 aliphatic rings. The molecule has 0 atom stereocenters. The second-order valence-electron chi connectivity index (χ2n) is 11.1. The molecular weight excluding hydrogens is 596 g/mol. The maximum atomic E-state index is 14.4. The van der Waals surface area contributed by atoms with Crippen LogP contribution in [0.25, 0.3) is 11.0 Å². The van der Waals surface area contributed by atoms with Crippen LogP contribution in [-0.4, -0.2) is 59.3 Å². The van der Waals surface area contributed by atoms with Gasteiger partial charge in [0, 0.05) is 37.5 Å². The number of rotatable bonds is 11. The van der Waals surface area contributed by atoms with Gasteiger partial charge in [0.05, 0.1) is 53.3 Å². The molecule has 0 saturated carbocycles. The summed E-state index contributed by atoms with van der Waals surface area (Å²) < 4.78 is 44.2. The zero-order valence-electron chi connectivity index (χ0n) is 25.1. The Morgan fingerprint density at radius 1 is 1.07 bits per heavy atom. The van der Waals surface area contributed by atoms with Gasteiger partial charge in [-0.05, 0) is 56.2 Å². The molecule has 11 nitrogen and oxygen atoms in total. The zero-order valence-corrected chi connectivity index (χ0v) is 25.1. The number of fused-ring (bicyclic) bond motifs is 1. The molecular formula is C33H31F2N7O4. The van der Waals surface area contributed by atoms with Gasteiger partial charge in [-0.15, -0.1) is 0 Å². The van der Waals surface area contributed by atoms with Gasteiger partial charge in [0.1, 0.15) is 24.4 Å². The number of piperidine rings is 1. The predicted octanol–water partition coefficient (Wildman–Crippen LogP) is 5.17. The number of benzene rings is 2. The molecule has 1 N–H and O–H groups in total. The molecule has 6 rings (SSSR count). The molecule has 0 aliphatic carbocycles. The summed E-state index contributed by atoms with van der Waals surface area (Å²) in [6.07, 6.45) is 4.98. The number of aromatic carboxylic acids is 1. The van der Waals surface area contributed by atoms with Crippen LogP contribution in [0, 0.1) is 23.0 Å². The average molecular weight is 628 g/mol. The van der Waals surface area contributed by atoms with Crippen molar-refractivity contribution in [1.29, 1.82) is 5.26 Å². The van der Waals surface area contributed by atoms with Crippen molar-refractivity contribution in [2.45, 2.75) is 52.1 Å². The Labute approximate surface area is 263 Å². The Balaban J connectivity index is 1.10. The Kier molecular flexibility index (Phi) is 8.89. The number of likely N-dealkylation sites (tertiary alicyclic amines) is 1. The SMILES string of the molecule is CCn1cnc(Cn2c(CN3CCC(Oc4ccc(F)c(OCc5ccc(C#N)cc5F)n4)CC3)nc3ccc(C(=O)O)cc32)c1. The summed E-state index contributed by atoms with van der Waals surface area (Å²) in [6.45, 7) is 5.01. The minimum Gasteiger partial charge on any atom is -0.478 e. The lowest BCUT2D eigenvalue weighted by molar-refractivity contribution is 0.0697. The first-order chi connectivity index (χ1) is 22.3. The second kappa shape index (κ2) is 13.3. The standard InChI is InChI=1S/C33H31F2N7O4/c1-2-40-16-24(37-20-40)17-42-29-14-22(33(43)44)5-7-28(29)38-30(42)18-41-11-9-25(10-12-41)46-31-8-6-26(34)32(39-31)45-19-23-4-3-21(15-36)13-27(23)35/h3-8,13-14,16,20,25H,2,9-12,17-19H2,1H3,(H,43,44). The maximum Gasteiger partial charge on any atom is 0.335 e. The van der Waals surface area contributed by atoms with E-state index < -0.39 is 17.6 Å². The van der Waals surface area contributed by atoms with E-state index in [-0.39, 0.29) is 41.2 Å². The van der Waals surface area contributed by atoms with Crippen LogP contribution in [0.5, 0.6) is 11.8 Å². The number of aryl methyl sites for hydroxylation is 1. The van der Waals surface area contributed by atoms with Gasteiger partial charge in [0.15, 0.2) is 5.82 Å². The lowest BCUT2D eigenvalue weighted by Gasteiger charge is -2.31. The van der Waals surface area contributed by atoms with Crippen molar-refractivity contribution in [1.82, 2.24) is 29.0 Å². The monoisotopic (exact) mass is 627 g/mol. The van der Waals surface area contributed by atoms with Crippen molar-refractivity contribution in [2.75, 3.05) is 13.1 Å². The first-order valence-corrected chi connectivity index (χ1v) is 14.9. The van der Waals surface area contributed by atoms with Crippen molar-refractivity contribution >= 4 is 17.0 Å². The molecule has 0 unspecified atom stereocenters. The molecule has 1 aliphatic heterocycles. The third-order valence-electron chi connectivity index (χ3n) is 7.97. The minimum absolute atomic E-state index is 0.159. The average Bonchev–Trinajstić information content (AvgIpc) is 3.66. The highest BCUT2D eigenvalue weighted by Crippen LogP contribution is 2.26. The highest BCUT2D eigenvalue weighted by Gasteiger charge is 2.24. The van der Waals surface area contributed by atoms with E-state index in [1.807, 2.05) is 28.3 Å². The van der Waals surface area contributed by atoms with E-state index in [0.29, 0.717) is 39.0 Å². The first-order valence-electron chi connectivity index (χ1n) is 14.9. The number of nitriles is 1. The third kappa shape index (κ3) is 6.82. The molecule has 0 bridgehead atoms. The smallest absolute Gasteiger partial charge is 0.335 e. The zero-order chi connectivity index (χ0) is 32.2. The van der Waals surface area contributed by atoms with E-state index in [4.69, 9.17) is 19.7 Å². The highest BCUT2D eigenvalue weighted by molar-refractivity contribution is 5.92. The van der Waals surface area contributed by atoms with Gasteiger partial charge >= 0.3 is 5.97 Å². The third-order valence-corrected chi connectivity index (χ3v) is 7.97. The Morgan fingerprint density at radius 2 is 1.89 bits per heavy atom. The summed E-state index contributed by atoms with van der Waals surface area (Å²) in [4.78, 5) is 27.5. The molecule has 4 heterocycles. The first kappa shape index (κ1) is 30.7. The van der Waals surface area contributed by atoms with Gasteiger partial charge in [-0.3, -0.25) is 4.90 Å². The summed E-state index contributed by atoms with van der Waals surface area (Å²) in [6, 6.07) is 13.4. The van der Waals surface area contributed by atoms with Gasteiger partial charge in [-0.25, -0.2) is 23.5 Å². The Hall–Kier alpha value is -5.35. The van der Waals surface area contributed by atoms with Crippen LogP contribution in [-0.2, 0) is 26.2 Å². The van der Waals surface area contributed by atoms with E-state index >= 15 is 0 Å². The molecule has 13 heteroatoms. The normalized spacial score (nSPS) is 14.0. The molecule has 3 aromatic heterocycles. The topological polar surface area (TPSA) is 131 Å². The molecule has 2 aromatic carbocycles. The number of halogens is 2. The molecule has 0 radical (unpaired) electrons. The van der Waals surface area contributed by atoms with Crippen molar-refractivity contribution < 1.29 is 28.2 Å². The Bertz CT molecular complexity index is 1930. The number of ether oxygens (including phenoxy) is 2. The molecule has 236 valence electrons. The molecule has 0 amide bonds. The number of pyridine rings is 1. The summed E-state index contributed by atoms with van der Waals surface area (Å²) >= 11 is 0. The number of carboxylic acid groups (broad SMARTS) is 1. The number of imidazole rings is 2.